The van der Waals surface area contributed by atoms with Crippen LogP contribution in [0.3, 0.4) is 0 Å². The van der Waals surface area contributed by atoms with Gasteiger partial charge in [-0.15, -0.1) is 0 Å². The maximum atomic E-state index is 12.7. The second kappa shape index (κ2) is 11.7. The van der Waals surface area contributed by atoms with Crippen molar-refractivity contribution < 1.29 is 13.2 Å². The molecule has 1 heterocycles. The summed E-state index contributed by atoms with van der Waals surface area (Å²) in [5.41, 5.74) is 3.54. The fourth-order valence-corrected chi connectivity index (χ4v) is 5.90. The summed E-state index contributed by atoms with van der Waals surface area (Å²) in [4.78, 5) is 12.4. The van der Waals surface area contributed by atoms with Crippen molar-refractivity contribution in [2.45, 2.75) is 49.7 Å². The summed E-state index contributed by atoms with van der Waals surface area (Å²) >= 11 is 1.81. The van der Waals surface area contributed by atoms with Gasteiger partial charge in [0.15, 0.2) is 0 Å². The van der Waals surface area contributed by atoms with E-state index in [2.05, 4.69) is 36.5 Å². The van der Waals surface area contributed by atoms with E-state index in [1.165, 1.54) is 11.1 Å². The third-order valence-corrected chi connectivity index (χ3v) is 8.42. The first-order valence-electron chi connectivity index (χ1n) is 10.9. The van der Waals surface area contributed by atoms with Crippen molar-refractivity contribution in [3.63, 3.8) is 0 Å². The van der Waals surface area contributed by atoms with E-state index in [-0.39, 0.29) is 5.91 Å². The summed E-state index contributed by atoms with van der Waals surface area (Å²) in [6.45, 7) is 3.95. The van der Waals surface area contributed by atoms with Crippen molar-refractivity contribution in [1.82, 2.24) is 9.62 Å². The molecule has 0 radical (unpaired) electrons. The number of piperidine rings is 1. The highest BCUT2D eigenvalue weighted by Gasteiger charge is 2.25. The van der Waals surface area contributed by atoms with Gasteiger partial charge in [-0.25, -0.2) is 8.42 Å². The molecule has 2 aromatic carbocycles. The molecule has 1 amide bonds. The summed E-state index contributed by atoms with van der Waals surface area (Å²) in [5.74, 6) is 1.85. The van der Waals surface area contributed by atoms with E-state index in [0.29, 0.717) is 37.4 Å². The lowest BCUT2D eigenvalue weighted by molar-refractivity contribution is -0.120. The van der Waals surface area contributed by atoms with Crippen LogP contribution < -0.4 is 5.32 Å². The fourth-order valence-electron chi connectivity index (χ4n) is 3.57. The predicted molar refractivity (Wildman–Crippen MR) is 128 cm³/mol. The second-order valence-electron chi connectivity index (χ2n) is 8.00. The first-order chi connectivity index (χ1) is 14.9. The monoisotopic (exact) mass is 460 g/mol. The van der Waals surface area contributed by atoms with Gasteiger partial charge in [-0.2, -0.15) is 16.1 Å². The second-order valence-corrected chi connectivity index (χ2v) is 11.0. The van der Waals surface area contributed by atoms with E-state index in [4.69, 9.17) is 0 Å². The van der Waals surface area contributed by atoms with Crippen LogP contribution in [-0.4, -0.2) is 44.0 Å². The minimum atomic E-state index is -3.40. The van der Waals surface area contributed by atoms with E-state index in [0.717, 1.165) is 36.3 Å². The lowest BCUT2D eigenvalue weighted by Gasteiger charge is -2.25. The number of nitrogens with zero attached hydrogens (tertiary/aromatic N) is 1. The third kappa shape index (κ3) is 7.37. The van der Waals surface area contributed by atoms with E-state index in [1.54, 1.807) is 16.4 Å². The van der Waals surface area contributed by atoms with Crippen LogP contribution in [0.4, 0.5) is 0 Å². The minimum absolute atomic E-state index is 0.0287. The van der Waals surface area contributed by atoms with Crippen LogP contribution >= 0.6 is 11.8 Å². The third-order valence-electron chi connectivity index (χ3n) is 5.47. The van der Waals surface area contributed by atoms with Gasteiger partial charge in [0.1, 0.15) is 0 Å². The zero-order valence-electron chi connectivity index (χ0n) is 18.2. The van der Waals surface area contributed by atoms with Gasteiger partial charge in [0.05, 0.1) is 4.90 Å². The average molecular weight is 461 g/mol. The van der Waals surface area contributed by atoms with E-state index in [1.807, 2.05) is 23.9 Å². The molecule has 0 spiro atoms. The Hall–Kier alpha value is -1.83. The molecule has 0 atom stereocenters. The van der Waals surface area contributed by atoms with Gasteiger partial charge >= 0.3 is 0 Å². The quantitative estimate of drug-likeness (QED) is 0.541. The zero-order chi connectivity index (χ0) is 22.1. The van der Waals surface area contributed by atoms with Gasteiger partial charge < -0.3 is 5.32 Å². The van der Waals surface area contributed by atoms with Gasteiger partial charge in [-0.05, 0) is 49.4 Å². The predicted octanol–water partition coefficient (Wildman–Crippen LogP) is 4.15. The van der Waals surface area contributed by atoms with Gasteiger partial charge in [0, 0.05) is 37.6 Å². The molecule has 1 fully saturated rings. The van der Waals surface area contributed by atoms with Crippen molar-refractivity contribution in [2.24, 2.45) is 0 Å². The van der Waals surface area contributed by atoms with Crippen molar-refractivity contribution in [3.8, 4) is 0 Å². The average Bonchev–Trinajstić information content (AvgIpc) is 2.79. The maximum Gasteiger partial charge on any atom is 0.243 e. The number of amides is 1. The number of carbonyl (C=O) groups is 1. The highest BCUT2D eigenvalue weighted by Crippen LogP contribution is 2.21. The molecule has 0 unspecified atom stereocenters. The van der Waals surface area contributed by atoms with Crippen LogP contribution in [-0.2, 0) is 27.0 Å². The van der Waals surface area contributed by atoms with Crippen LogP contribution in [0.1, 0.15) is 42.4 Å². The van der Waals surface area contributed by atoms with Gasteiger partial charge in [0.2, 0.25) is 15.9 Å². The number of nitrogens with one attached hydrogen (secondary N) is 1. The zero-order valence-corrected chi connectivity index (χ0v) is 19.8. The Labute approximate surface area is 190 Å². The molecular formula is C24H32N2O3S2. The summed E-state index contributed by atoms with van der Waals surface area (Å²) in [5, 5.41) is 2.96. The van der Waals surface area contributed by atoms with Gasteiger partial charge in [-0.1, -0.05) is 48.4 Å². The maximum absolute atomic E-state index is 12.7. The normalized spacial score (nSPS) is 15.0. The first-order valence-corrected chi connectivity index (χ1v) is 13.5. The van der Waals surface area contributed by atoms with Gasteiger partial charge in [-0.3, -0.25) is 4.79 Å². The lowest BCUT2D eigenvalue weighted by Crippen LogP contribution is -2.35. The van der Waals surface area contributed by atoms with Crippen LogP contribution in [0, 0.1) is 6.92 Å². The molecule has 5 nitrogen and oxygen atoms in total. The molecule has 31 heavy (non-hydrogen) atoms. The minimum Gasteiger partial charge on any atom is -0.355 e. The Morgan fingerprint density at radius 3 is 2.29 bits per heavy atom. The first kappa shape index (κ1) is 23.8. The number of hydrogen-bond acceptors (Lipinski definition) is 4. The number of benzene rings is 2. The fraction of sp³-hybridized carbons (Fsp3) is 0.458. The molecule has 0 aromatic heterocycles. The Balaban J connectivity index is 1.35. The molecule has 7 heteroatoms. The number of thioether (sulfide) groups is 1. The molecule has 3 rings (SSSR count). The van der Waals surface area contributed by atoms with Crippen LogP contribution in [0.25, 0.3) is 0 Å². The van der Waals surface area contributed by atoms with Gasteiger partial charge in [0.25, 0.3) is 0 Å². The number of sulfonamides is 1. The Bertz CT molecular complexity index is 936. The van der Waals surface area contributed by atoms with Crippen LogP contribution in [0.5, 0.6) is 0 Å². The van der Waals surface area contributed by atoms with Crippen LogP contribution in [0.15, 0.2) is 53.4 Å². The molecule has 0 saturated carbocycles. The highest BCUT2D eigenvalue weighted by atomic mass is 32.2. The lowest BCUT2D eigenvalue weighted by atomic mass is 10.1. The largest absolute Gasteiger partial charge is 0.355 e. The van der Waals surface area contributed by atoms with Crippen molar-refractivity contribution in [1.29, 1.82) is 0 Å². The molecule has 1 aliphatic rings. The van der Waals surface area contributed by atoms with Crippen LogP contribution in [0.2, 0.25) is 0 Å². The number of carbonyl (C=O) groups excluding carboxylic acids is 1. The topological polar surface area (TPSA) is 66.5 Å². The van der Waals surface area contributed by atoms with E-state index < -0.39 is 10.0 Å². The molecule has 168 valence electrons. The summed E-state index contributed by atoms with van der Waals surface area (Å²) in [6, 6.07) is 15.5. The molecule has 1 saturated heterocycles. The molecule has 0 bridgehead atoms. The van der Waals surface area contributed by atoms with E-state index >= 15 is 0 Å². The van der Waals surface area contributed by atoms with Crippen molar-refractivity contribution in [2.75, 3.05) is 25.4 Å². The molecular weight excluding hydrogens is 428 g/mol. The van der Waals surface area contributed by atoms with E-state index in [9.17, 15) is 13.2 Å². The number of hydrogen-bond donors (Lipinski definition) is 1. The molecule has 2 aromatic rings. The van der Waals surface area contributed by atoms with Crippen molar-refractivity contribution in [3.05, 3.63) is 65.2 Å². The summed E-state index contributed by atoms with van der Waals surface area (Å²) < 4.78 is 27.0. The number of rotatable bonds is 10. The molecule has 1 N–H and O–H groups in total. The summed E-state index contributed by atoms with van der Waals surface area (Å²) in [6.07, 6.45) is 3.96. The Kier molecular flexibility index (Phi) is 8.99. The Morgan fingerprint density at radius 1 is 0.968 bits per heavy atom. The SMILES string of the molecule is Cc1ccc(CSCCNC(=O)CCc2ccc(S(=O)(=O)N3CCCCC3)cc2)cc1. The highest BCUT2D eigenvalue weighted by molar-refractivity contribution is 7.98. The molecule has 0 aliphatic carbocycles. The summed E-state index contributed by atoms with van der Waals surface area (Å²) in [7, 11) is -3.40. The number of aryl methyl sites for hydroxylation is 2. The van der Waals surface area contributed by atoms with Crippen molar-refractivity contribution >= 4 is 27.7 Å². The standard InChI is InChI=1S/C24H32N2O3S2/c1-20-5-7-22(8-6-20)19-30-18-15-25-24(27)14-11-21-9-12-23(13-10-21)31(28,29)26-16-3-2-4-17-26/h5-10,12-13H,2-4,11,14-19H2,1H3,(H,25,27). The Morgan fingerprint density at radius 2 is 1.61 bits per heavy atom. The molecule has 1 aliphatic heterocycles. The smallest absolute Gasteiger partial charge is 0.243 e.